The van der Waals surface area contributed by atoms with Crippen LogP contribution in [0, 0.1) is 12.3 Å². The van der Waals surface area contributed by atoms with Crippen LogP contribution in [0.3, 0.4) is 0 Å². The summed E-state index contributed by atoms with van der Waals surface area (Å²) in [6.07, 6.45) is 4.93. The number of nitrogens with two attached hydrogens (primary N) is 1. The van der Waals surface area contributed by atoms with Crippen LogP contribution in [0.2, 0.25) is 0 Å². The van der Waals surface area contributed by atoms with Gasteiger partial charge in [-0.2, -0.15) is 0 Å². The number of thiazole rings is 2. The van der Waals surface area contributed by atoms with Crippen molar-refractivity contribution in [2.75, 3.05) is 25.4 Å². The lowest BCUT2D eigenvalue weighted by Gasteiger charge is -2.49. The van der Waals surface area contributed by atoms with Gasteiger partial charge >= 0.3 is 11.9 Å². The molecule has 16 heteroatoms. The van der Waals surface area contributed by atoms with E-state index < -0.39 is 47.4 Å². The minimum atomic E-state index is -0.949. The van der Waals surface area contributed by atoms with Crippen LogP contribution in [-0.4, -0.2) is 75.4 Å². The van der Waals surface area contributed by atoms with Crippen LogP contribution < -0.4 is 11.1 Å². The van der Waals surface area contributed by atoms with Gasteiger partial charge in [-0.25, -0.2) is 14.8 Å². The number of nitrogens with one attached hydrogen (secondary N) is 1. The largest absolute Gasteiger partial charge is 0.427 e. The highest BCUT2D eigenvalue weighted by Gasteiger charge is 2.54. The van der Waals surface area contributed by atoms with E-state index in [2.05, 4.69) is 20.4 Å². The van der Waals surface area contributed by atoms with Gasteiger partial charge in [0.05, 0.1) is 21.5 Å². The van der Waals surface area contributed by atoms with Gasteiger partial charge < -0.3 is 25.4 Å². The Morgan fingerprint density at radius 3 is 2.61 bits per heavy atom. The van der Waals surface area contributed by atoms with Gasteiger partial charge in [0.1, 0.15) is 24.2 Å². The van der Waals surface area contributed by atoms with Crippen LogP contribution in [0.25, 0.3) is 6.08 Å². The van der Waals surface area contributed by atoms with Gasteiger partial charge in [0.25, 0.3) is 11.8 Å². The van der Waals surface area contributed by atoms with Gasteiger partial charge in [0.2, 0.25) is 6.79 Å². The molecule has 4 heterocycles. The predicted molar refractivity (Wildman–Crippen MR) is 155 cm³/mol. The quantitative estimate of drug-likeness (QED) is 0.138. The van der Waals surface area contributed by atoms with E-state index >= 15 is 0 Å². The number of nitrogen functional groups attached to an aromatic ring is 1. The lowest BCUT2D eigenvalue weighted by Crippen LogP contribution is -2.71. The number of allylic oxidation sites excluding steroid dienone is 1. The van der Waals surface area contributed by atoms with E-state index in [1.807, 2.05) is 13.0 Å². The fourth-order valence-electron chi connectivity index (χ4n) is 3.73. The molecule has 3 N–H and O–H groups in total. The zero-order chi connectivity index (χ0) is 29.9. The smallest absolute Gasteiger partial charge is 0.358 e. The number of carbonyl (C=O) groups is 4. The SMILES string of the molecule is CON=C(C(=O)NC1C(=O)N2C(C(=O)OCOC(=O)C(C)(C)C)=C(C=Cc3scnc3C)CSC12)c1cnc(N)s1. The number of anilines is 1. The highest BCUT2D eigenvalue weighted by Crippen LogP contribution is 2.41. The summed E-state index contributed by atoms with van der Waals surface area (Å²) in [6.45, 7) is 6.27. The van der Waals surface area contributed by atoms with Gasteiger partial charge in [-0.05, 0) is 39.3 Å². The Morgan fingerprint density at radius 2 is 2.00 bits per heavy atom. The van der Waals surface area contributed by atoms with Crippen LogP contribution in [0.15, 0.2) is 34.2 Å². The fraction of sp³-hybridized carbons (Fsp3) is 0.400. The van der Waals surface area contributed by atoms with Gasteiger partial charge in [0.15, 0.2) is 10.8 Å². The van der Waals surface area contributed by atoms with Crippen molar-refractivity contribution in [2.24, 2.45) is 10.6 Å². The fourth-order valence-corrected chi connectivity index (χ4v) is 6.40. The Kier molecular flexibility index (Phi) is 9.14. The number of oxime groups is 1. The number of rotatable bonds is 9. The van der Waals surface area contributed by atoms with Gasteiger partial charge in [0, 0.05) is 16.8 Å². The molecular weight excluding hydrogens is 593 g/mol. The summed E-state index contributed by atoms with van der Waals surface area (Å²) in [4.78, 5) is 67.3. The van der Waals surface area contributed by atoms with Crippen molar-refractivity contribution in [3.63, 3.8) is 0 Å². The summed E-state index contributed by atoms with van der Waals surface area (Å²) >= 11 is 3.84. The van der Waals surface area contributed by atoms with E-state index in [0.29, 0.717) is 16.2 Å². The highest BCUT2D eigenvalue weighted by molar-refractivity contribution is 8.00. The molecule has 0 bridgehead atoms. The monoisotopic (exact) mass is 620 g/mol. The molecule has 2 aliphatic rings. The third-order valence-electron chi connectivity index (χ3n) is 5.84. The Balaban J connectivity index is 1.55. The van der Waals surface area contributed by atoms with Crippen molar-refractivity contribution in [2.45, 2.75) is 39.1 Å². The highest BCUT2D eigenvalue weighted by atomic mass is 32.2. The Hall–Kier alpha value is -3.76. The summed E-state index contributed by atoms with van der Waals surface area (Å²) in [5, 5.41) is 6.09. The molecule has 2 aliphatic heterocycles. The normalized spacial score (nSPS) is 19.1. The average molecular weight is 621 g/mol. The second-order valence-corrected chi connectivity index (χ2v) is 12.8. The summed E-state index contributed by atoms with van der Waals surface area (Å²) < 4.78 is 10.3. The molecule has 4 rings (SSSR count). The molecule has 0 saturated carbocycles. The molecule has 2 aromatic rings. The van der Waals surface area contributed by atoms with Crippen molar-refractivity contribution in [3.8, 4) is 0 Å². The van der Waals surface area contributed by atoms with Gasteiger partial charge in [-0.1, -0.05) is 22.6 Å². The maximum absolute atomic E-state index is 13.4. The molecule has 0 spiro atoms. The maximum atomic E-state index is 13.4. The van der Waals surface area contributed by atoms with Crippen LogP contribution in [0.1, 0.15) is 36.2 Å². The summed E-state index contributed by atoms with van der Waals surface area (Å²) in [5.74, 6) is -2.22. The molecule has 2 amide bonds. The summed E-state index contributed by atoms with van der Waals surface area (Å²) in [5.41, 5.74) is 7.89. The number of carbonyl (C=O) groups excluding carboxylic acids is 4. The van der Waals surface area contributed by atoms with E-state index in [-0.39, 0.29) is 16.5 Å². The molecule has 13 nitrogen and oxygen atoms in total. The first-order valence-electron chi connectivity index (χ1n) is 12.2. The molecular formula is C25H28N6O7S3. The van der Waals surface area contributed by atoms with Crippen LogP contribution in [0.4, 0.5) is 5.13 Å². The number of hydrogen-bond acceptors (Lipinski definition) is 14. The lowest BCUT2D eigenvalue weighted by molar-refractivity contribution is -0.173. The Bertz CT molecular complexity index is 1460. The third-order valence-corrected chi connectivity index (χ3v) is 8.87. The maximum Gasteiger partial charge on any atom is 0.358 e. The molecule has 0 aliphatic carbocycles. The van der Waals surface area contributed by atoms with Crippen LogP contribution in [-0.2, 0) is 33.5 Å². The lowest BCUT2D eigenvalue weighted by atomic mass is 9.98. The number of thioether (sulfide) groups is 1. The second-order valence-electron chi connectivity index (χ2n) is 9.79. The number of esters is 2. The van der Waals surface area contributed by atoms with Crippen molar-refractivity contribution < 1.29 is 33.5 Å². The van der Waals surface area contributed by atoms with Crippen molar-refractivity contribution in [1.29, 1.82) is 0 Å². The number of ether oxygens (including phenoxy) is 2. The topological polar surface area (TPSA) is 175 Å². The zero-order valence-electron chi connectivity index (χ0n) is 22.8. The molecule has 2 atom stereocenters. The first-order valence-corrected chi connectivity index (χ1v) is 14.9. The molecule has 2 unspecified atom stereocenters. The van der Waals surface area contributed by atoms with E-state index in [0.717, 1.165) is 21.9 Å². The van der Waals surface area contributed by atoms with E-state index in [9.17, 15) is 19.2 Å². The first-order chi connectivity index (χ1) is 19.4. The summed E-state index contributed by atoms with van der Waals surface area (Å²) in [7, 11) is 1.29. The Morgan fingerprint density at radius 1 is 1.24 bits per heavy atom. The molecule has 41 heavy (non-hydrogen) atoms. The number of aromatic nitrogens is 2. The number of β-lactam (4-membered cyclic amide) rings is 1. The minimum absolute atomic E-state index is 0.00971. The van der Waals surface area contributed by atoms with Crippen LogP contribution in [0.5, 0.6) is 0 Å². The third kappa shape index (κ3) is 6.60. The molecule has 218 valence electrons. The Labute approximate surface area is 247 Å². The molecule has 1 fully saturated rings. The number of aryl methyl sites for hydroxylation is 1. The molecule has 2 aromatic heterocycles. The van der Waals surface area contributed by atoms with Crippen molar-refractivity contribution in [3.05, 3.63) is 44.5 Å². The average Bonchev–Trinajstić information content (AvgIpc) is 3.54. The zero-order valence-corrected chi connectivity index (χ0v) is 25.3. The predicted octanol–water partition coefficient (Wildman–Crippen LogP) is 2.30. The first kappa shape index (κ1) is 30.2. The molecule has 1 saturated heterocycles. The van der Waals surface area contributed by atoms with Crippen molar-refractivity contribution >= 4 is 75.1 Å². The van der Waals surface area contributed by atoms with E-state index in [4.69, 9.17) is 20.0 Å². The minimum Gasteiger partial charge on any atom is -0.427 e. The standard InChI is InChI=1S/C25H28N6O7S3/c1-12-14(40-10-28-12)7-6-13-9-39-21-17(29-19(32)16(30-36-5)15-8-27-24(26)41-15)20(33)31(21)18(13)22(34)37-11-38-23(35)25(2,3)4/h6-8,10,17,21H,9,11H2,1-5H3,(H2,26,27)(H,29,32). The van der Waals surface area contributed by atoms with Crippen LogP contribution >= 0.6 is 34.4 Å². The number of nitrogens with zero attached hydrogens (tertiary/aromatic N) is 4. The van der Waals surface area contributed by atoms with Gasteiger partial charge in [-0.3, -0.25) is 19.3 Å². The second kappa shape index (κ2) is 12.4. The number of hydrogen-bond donors (Lipinski definition) is 2. The summed E-state index contributed by atoms with van der Waals surface area (Å²) in [6, 6.07) is -0.949. The van der Waals surface area contributed by atoms with Crippen molar-refractivity contribution in [1.82, 2.24) is 20.2 Å². The van der Waals surface area contributed by atoms with E-state index in [1.165, 1.54) is 41.3 Å². The van der Waals surface area contributed by atoms with Gasteiger partial charge in [-0.15, -0.1) is 23.1 Å². The number of amides is 2. The van der Waals surface area contributed by atoms with E-state index in [1.54, 1.807) is 32.4 Å². The number of fused-ring (bicyclic) bond motifs is 1. The molecule has 0 radical (unpaired) electrons. The molecule has 0 aromatic carbocycles.